The average Bonchev–Trinajstić information content (AvgIpc) is 3.02. The van der Waals surface area contributed by atoms with Crippen LogP contribution in [0.5, 0.6) is 0 Å². The number of nitrogens with one attached hydrogen (secondary N) is 1. The summed E-state index contributed by atoms with van der Waals surface area (Å²) in [6.07, 6.45) is 4.40. The number of likely N-dealkylation sites (tertiary alicyclic amines) is 1. The first kappa shape index (κ1) is 23.0. The van der Waals surface area contributed by atoms with Gasteiger partial charge in [0.15, 0.2) is 5.96 Å². The fourth-order valence-electron chi connectivity index (χ4n) is 2.80. The highest BCUT2D eigenvalue weighted by molar-refractivity contribution is 14.0. The molecule has 0 radical (unpaired) electrons. The van der Waals surface area contributed by atoms with Gasteiger partial charge in [-0.3, -0.25) is 4.99 Å². The molecule has 1 aliphatic rings. The molecular formula is C17H29ClIN3O2S. The van der Waals surface area contributed by atoms with Crippen LogP contribution in [-0.4, -0.2) is 64.0 Å². The smallest absolute Gasteiger partial charge is 0.193 e. The number of guanidine groups is 1. The fraction of sp³-hybridized carbons (Fsp3) is 0.706. The van der Waals surface area contributed by atoms with Crippen LogP contribution in [0.15, 0.2) is 17.1 Å². The summed E-state index contributed by atoms with van der Waals surface area (Å²) in [5.74, 6) is 0.982. The van der Waals surface area contributed by atoms with E-state index in [0.717, 1.165) is 68.8 Å². The van der Waals surface area contributed by atoms with Crippen LogP contribution in [0.2, 0.25) is 4.34 Å². The van der Waals surface area contributed by atoms with Crippen molar-refractivity contribution in [2.24, 2.45) is 4.99 Å². The number of hydrogen-bond acceptors (Lipinski definition) is 4. The third kappa shape index (κ3) is 8.43. The Bertz CT molecular complexity index is 508. The second-order valence-electron chi connectivity index (χ2n) is 5.83. The minimum absolute atomic E-state index is 0. The molecule has 25 heavy (non-hydrogen) atoms. The SMILES string of the molecule is CN=C(NCCc1ccc(Cl)s1)N1CCC(OCCCOC)CC1.I. The van der Waals surface area contributed by atoms with Gasteiger partial charge in [0.05, 0.1) is 10.4 Å². The van der Waals surface area contributed by atoms with Crippen LogP contribution in [0.4, 0.5) is 0 Å². The average molecular weight is 502 g/mol. The Balaban J connectivity index is 0.00000312. The summed E-state index contributed by atoms with van der Waals surface area (Å²) < 4.78 is 11.8. The first-order valence-corrected chi connectivity index (χ1v) is 9.72. The monoisotopic (exact) mass is 501 g/mol. The zero-order chi connectivity index (χ0) is 17.2. The molecule has 2 heterocycles. The van der Waals surface area contributed by atoms with Crippen molar-refractivity contribution in [2.75, 3.05) is 47.0 Å². The first-order valence-electron chi connectivity index (χ1n) is 8.53. The van der Waals surface area contributed by atoms with Gasteiger partial charge in [-0.15, -0.1) is 35.3 Å². The third-order valence-corrected chi connectivity index (χ3v) is 5.37. The molecule has 1 aromatic rings. The molecule has 0 aliphatic carbocycles. The topological polar surface area (TPSA) is 46.1 Å². The lowest BCUT2D eigenvalue weighted by Gasteiger charge is -2.34. The van der Waals surface area contributed by atoms with E-state index in [1.54, 1.807) is 18.4 Å². The predicted octanol–water partition coefficient (Wildman–Crippen LogP) is 3.65. The van der Waals surface area contributed by atoms with E-state index >= 15 is 0 Å². The Morgan fingerprint density at radius 2 is 2.12 bits per heavy atom. The number of ether oxygens (including phenoxy) is 2. The van der Waals surface area contributed by atoms with Gasteiger partial charge in [0.2, 0.25) is 0 Å². The van der Waals surface area contributed by atoms with Gasteiger partial charge in [-0.25, -0.2) is 0 Å². The molecule has 1 N–H and O–H groups in total. The number of hydrogen-bond donors (Lipinski definition) is 1. The van der Waals surface area contributed by atoms with Crippen LogP contribution in [0, 0.1) is 0 Å². The van der Waals surface area contributed by atoms with Gasteiger partial charge < -0.3 is 19.7 Å². The minimum atomic E-state index is 0. The maximum atomic E-state index is 5.97. The second kappa shape index (κ2) is 13.1. The summed E-state index contributed by atoms with van der Waals surface area (Å²) in [6.45, 7) is 4.40. The lowest BCUT2D eigenvalue weighted by molar-refractivity contribution is 0.00992. The zero-order valence-electron chi connectivity index (χ0n) is 15.0. The van der Waals surface area contributed by atoms with Crippen molar-refractivity contribution in [2.45, 2.75) is 31.8 Å². The molecule has 0 unspecified atom stereocenters. The van der Waals surface area contributed by atoms with Gasteiger partial charge >= 0.3 is 0 Å². The maximum Gasteiger partial charge on any atom is 0.193 e. The number of nitrogens with zero attached hydrogens (tertiary/aromatic N) is 2. The van der Waals surface area contributed by atoms with Crippen molar-refractivity contribution in [1.82, 2.24) is 10.2 Å². The number of halogens is 2. The lowest BCUT2D eigenvalue weighted by atomic mass is 10.1. The van der Waals surface area contributed by atoms with Crippen molar-refractivity contribution in [3.05, 3.63) is 21.3 Å². The summed E-state index contributed by atoms with van der Waals surface area (Å²) in [6, 6.07) is 4.04. The summed E-state index contributed by atoms with van der Waals surface area (Å²) in [4.78, 5) is 8.02. The van der Waals surface area contributed by atoms with Crippen molar-refractivity contribution < 1.29 is 9.47 Å². The number of thiophene rings is 1. The van der Waals surface area contributed by atoms with Crippen LogP contribution in [0.25, 0.3) is 0 Å². The molecule has 0 atom stereocenters. The molecule has 8 heteroatoms. The van der Waals surface area contributed by atoms with Crippen LogP contribution >= 0.6 is 46.9 Å². The highest BCUT2D eigenvalue weighted by Gasteiger charge is 2.21. The van der Waals surface area contributed by atoms with E-state index in [-0.39, 0.29) is 24.0 Å². The van der Waals surface area contributed by atoms with Crippen molar-refractivity contribution in [3.63, 3.8) is 0 Å². The van der Waals surface area contributed by atoms with E-state index in [2.05, 4.69) is 21.3 Å². The van der Waals surface area contributed by atoms with E-state index in [0.29, 0.717) is 6.10 Å². The van der Waals surface area contributed by atoms with Crippen molar-refractivity contribution >= 4 is 52.9 Å². The summed E-state index contributed by atoms with van der Waals surface area (Å²) in [7, 11) is 3.57. The molecular weight excluding hydrogens is 473 g/mol. The van der Waals surface area contributed by atoms with Crippen LogP contribution < -0.4 is 5.32 Å². The summed E-state index contributed by atoms with van der Waals surface area (Å²) >= 11 is 7.61. The van der Waals surface area contributed by atoms with Crippen molar-refractivity contribution in [1.29, 1.82) is 0 Å². The van der Waals surface area contributed by atoms with Crippen LogP contribution in [0.1, 0.15) is 24.1 Å². The predicted molar refractivity (Wildman–Crippen MR) is 117 cm³/mol. The maximum absolute atomic E-state index is 5.97. The molecule has 1 fully saturated rings. The summed E-state index contributed by atoms with van der Waals surface area (Å²) in [5.41, 5.74) is 0. The van der Waals surface area contributed by atoms with Gasteiger partial charge in [0, 0.05) is 51.9 Å². The lowest BCUT2D eigenvalue weighted by Crippen LogP contribution is -2.47. The van der Waals surface area contributed by atoms with E-state index in [9.17, 15) is 0 Å². The minimum Gasteiger partial charge on any atom is -0.385 e. The van der Waals surface area contributed by atoms with E-state index in [4.69, 9.17) is 21.1 Å². The molecule has 0 aromatic carbocycles. The molecule has 5 nitrogen and oxygen atoms in total. The number of piperidine rings is 1. The van der Waals surface area contributed by atoms with Gasteiger partial charge in [-0.05, 0) is 37.8 Å². The van der Waals surface area contributed by atoms with Gasteiger partial charge in [-0.2, -0.15) is 0 Å². The van der Waals surface area contributed by atoms with Gasteiger partial charge in [0.1, 0.15) is 0 Å². The Labute approximate surface area is 177 Å². The van der Waals surface area contributed by atoms with Crippen LogP contribution in [0.3, 0.4) is 0 Å². The van der Waals surface area contributed by atoms with Crippen LogP contribution in [-0.2, 0) is 15.9 Å². The van der Waals surface area contributed by atoms with Crippen molar-refractivity contribution in [3.8, 4) is 0 Å². The molecule has 1 aromatic heterocycles. The molecule has 0 saturated carbocycles. The number of methoxy groups -OCH3 is 1. The van der Waals surface area contributed by atoms with Gasteiger partial charge in [-0.1, -0.05) is 11.6 Å². The Hall–Kier alpha value is -0.0900. The molecule has 2 rings (SSSR count). The van der Waals surface area contributed by atoms with E-state index in [1.165, 1.54) is 4.88 Å². The Kier molecular flexibility index (Phi) is 12.1. The zero-order valence-corrected chi connectivity index (χ0v) is 18.9. The highest BCUT2D eigenvalue weighted by Crippen LogP contribution is 2.21. The molecule has 0 bridgehead atoms. The largest absolute Gasteiger partial charge is 0.385 e. The number of aliphatic imine (C=N–C) groups is 1. The Morgan fingerprint density at radius 1 is 1.36 bits per heavy atom. The van der Waals surface area contributed by atoms with E-state index < -0.39 is 0 Å². The fourth-order valence-corrected chi connectivity index (χ4v) is 3.89. The number of rotatable bonds is 8. The third-order valence-electron chi connectivity index (χ3n) is 4.08. The molecule has 0 spiro atoms. The molecule has 1 saturated heterocycles. The van der Waals surface area contributed by atoms with E-state index in [1.807, 2.05) is 13.1 Å². The molecule has 0 amide bonds. The Morgan fingerprint density at radius 3 is 2.72 bits per heavy atom. The van der Waals surface area contributed by atoms with Gasteiger partial charge in [0.25, 0.3) is 0 Å². The quantitative estimate of drug-likeness (QED) is 0.256. The standard InChI is InChI=1S/C17H28ClN3O2S.HI/c1-19-17(20-9-6-15-4-5-16(18)24-15)21-10-7-14(8-11-21)23-13-3-12-22-2;/h4-5,14H,3,6-13H2,1-2H3,(H,19,20);1H. The molecule has 1 aliphatic heterocycles. The summed E-state index contributed by atoms with van der Waals surface area (Å²) in [5, 5.41) is 3.45. The normalized spacial score (nSPS) is 16.0. The first-order chi connectivity index (χ1) is 11.7. The highest BCUT2D eigenvalue weighted by atomic mass is 127. The second-order valence-corrected chi connectivity index (χ2v) is 7.63. The molecule has 144 valence electrons.